The summed E-state index contributed by atoms with van der Waals surface area (Å²) in [6, 6.07) is -0.899. The topological polar surface area (TPSA) is 79.3 Å². The highest BCUT2D eigenvalue weighted by molar-refractivity contribution is 7.09. The summed E-state index contributed by atoms with van der Waals surface area (Å²) in [5.74, 6) is -1.52. The molecule has 1 rings (SSSR count). The molecule has 0 radical (unpaired) electrons. The van der Waals surface area contributed by atoms with E-state index in [1.165, 1.54) is 18.3 Å². The number of carboxylic acids is 1. The minimum Gasteiger partial charge on any atom is -0.480 e. The number of rotatable bonds is 3. The first-order valence-corrected chi connectivity index (χ1v) is 4.84. The number of aryl methyl sites for hydroxylation is 1. The first-order valence-electron chi connectivity index (χ1n) is 3.96. The predicted molar refractivity (Wildman–Crippen MR) is 51.4 cm³/mol. The number of nitrogens with zero attached hydrogens (tertiary/aromatic N) is 1. The van der Waals surface area contributed by atoms with E-state index in [0.717, 1.165) is 5.01 Å². The Kier molecular flexibility index (Phi) is 3.19. The van der Waals surface area contributed by atoms with Gasteiger partial charge in [-0.1, -0.05) is 0 Å². The van der Waals surface area contributed by atoms with Crippen molar-refractivity contribution in [2.24, 2.45) is 0 Å². The number of hydrogen-bond donors (Lipinski definition) is 2. The maximum atomic E-state index is 11.3. The molecule has 1 amide bonds. The summed E-state index contributed by atoms with van der Waals surface area (Å²) in [5.41, 5.74) is 0.264. The number of carbonyl (C=O) groups is 2. The molecule has 1 atom stereocenters. The molecule has 6 heteroatoms. The number of carboxylic acid groups (broad SMARTS) is 1. The van der Waals surface area contributed by atoms with Gasteiger partial charge in [0, 0.05) is 5.38 Å². The van der Waals surface area contributed by atoms with Crippen molar-refractivity contribution in [2.45, 2.75) is 19.9 Å². The van der Waals surface area contributed by atoms with Crippen molar-refractivity contribution < 1.29 is 14.7 Å². The van der Waals surface area contributed by atoms with Crippen LogP contribution in [-0.2, 0) is 4.79 Å². The van der Waals surface area contributed by atoms with Crippen molar-refractivity contribution >= 4 is 23.2 Å². The molecular formula is C8H10N2O3S. The zero-order valence-corrected chi connectivity index (χ0v) is 8.59. The van der Waals surface area contributed by atoms with Crippen LogP contribution < -0.4 is 5.32 Å². The van der Waals surface area contributed by atoms with E-state index >= 15 is 0 Å². The second kappa shape index (κ2) is 4.19. The molecule has 0 saturated heterocycles. The standard InChI is InChI=1S/C8H10N2O3S/c1-4(8(12)13)9-7(11)6-3-14-5(2)10-6/h3-4H,1-2H3,(H,9,11)(H,12,13). The third kappa shape index (κ3) is 2.53. The van der Waals surface area contributed by atoms with E-state index in [1.54, 1.807) is 12.3 Å². The monoisotopic (exact) mass is 214 g/mol. The SMILES string of the molecule is Cc1nc(C(=O)NC(C)C(=O)O)cs1. The fraction of sp³-hybridized carbons (Fsp3) is 0.375. The first kappa shape index (κ1) is 10.6. The van der Waals surface area contributed by atoms with Crippen LogP contribution in [-0.4, -0.2) is 28.0 Å². The van der Waals surface area contributed by atoms with Gasteiger partial charge in [0.1, 0.15) is 11.7 Å². The van der Waals surface area contributed by atoms with E-state index in [4.69, 9.17) is 5.11 Å². The third-order valence-corrected chi connectivity index (χ3v) is 2.34. The molecule has 1 aromatic heterocycles. The summed E-state index contributed by atoms with van der Waals surface area (Å²) >= 11 is 1.35. The lowest BCUT2D eigenvalue weighted by Gasteiger charge is -2.06. The average molecular weight is 214 g/mol. The van der Waals surface area contributed by atoms with Gasteiger partial charge in [-0.2, -0.15) is 0 Å². The normalized spacial score (nSPS) is 12.1. The number of aliphatic carboxylic acids is 1. The number of thiazole rings is 1. The summed E-state index contributed by atoms with van der Waals surface area (Å²) in [4.78, 5) is 25.7. The average Bonchev–Trinajstić information content (AvgIpc) is 2.51. The van der Waals surface area contributed by atoms with Crippen LogP contribution >= 0.6 is 11.3 Å². The van der Waals surface area contributed by atoms with Crippen molar-refractivity contribution in [3.8, 4) is 0 Å². The van der Waals surface area contributed by atoms with Crippen molar-refractivity contribution in [2.75, 3.05) is 0 Å². The number of aromatic nitrogens is 1. The number of amides is 1. The highest BCUT2D eigenvalue weighted by Crippen LogP contribution is 2.07. The van der Waals surface area contributed by atoms with E-state index in [1.807, 2.05) is 0 Å². The molecule has 0 saturated carbocycles. The molecule has 0 aliphatic rings. The minimum absolute atomic E-state index is 0.264. The first-order chi connectivity index (χ1) is 6.50. The maximum absolute atomic E-state index is 11.3. The lowest BCUT2D eigenvalue weighted by atomic mass is 10.3. The summed E-state index contributed by atoms with van der Waals surface area (Å²) < 4.78 is 0. The number of carbonyl (C=O) groups excluding carboxylic acids is 1. The van der Waals surface area contributed by atoms with Crippen LogP contribution in [0, 0.1) is 6.92 Å². The van der Waals surface area contributed by atoms with Gasteiger partial charge in [0.2, 0.25) is 0 Å². The molecule has 0 spiro atoms. The summed E-state index contributed by atoms with van der Waals surface area (Å²) in [5, 5.41) is 13.2. The van der Waals surface area contributed by atoms with Gasteiger partial charge in [0.15, 0.2) is 0 Å². The molecule has 0 fully saturated rings. The highest BCUT2D eigenvalue weighted by atomic mass is 32.1. The molecule has 1 heterocycles. The van der Waals surface area contributed by atoms with Crippen LogP contribution in [0.5, 0.6) is 0 Å². The summed E-state index contributed by atoms with van der Waals surface area (Å²) in [6.07, 6.45) is 0. The zero-order valence-electron chi connectivity index (χ0n) is 7.77. The van der Waals surface area contributed by atoms with Crippen LogP contribution in [0.2, 0.25) is 0 Å². The van der Waals surface area contributed by atoms with Gasteiger partial charge in [-0.3, -0.25) is 9.59 Å². The van der Waals surface area contributed by atoms with E-state index in [2.05, 4.69) is 10.3 Å². The quantitative estimate of drug-likeness (QED) is 0.774. The Bertz CT molecular complexity index is 361. The lowest BCUT2D eigenvalue weighted by Crippen LogP contribution is -2.38. The third-order valence-electron chi connectivity index (χ3n) is 1.57. The minimum atomic E-state index is -1.06. The molecule has 1 aromatic rings. The van der Waals surface area contributed by atoms with Crippen molar-refractivity contribution in [1.29, 1.82) is 0 Å². The van der Waals surface area contributed by atoms with Crippen molar-refractivity contribution in [1.82, 2.24) is 10.3 Å². The predicted octanol–water partition coefficient (Wildman–Crippen LogP) is 0.654. The van der Waals surface area contributed by atoms with Crippen molar-refractivity contribution in [3.05, 3.63) is 16.1 Å². The van der Waals surface area contributed by atoms with Crippen LogP contribution in [0.3, 0.4) is 0 Å². The van der Waals surface area contributed by atoms with Gasteiger partial charge < -0.3 is 10.4 Å². The molecule has 2 N–H and O–H groups in total. The molecule has 0 aromatic carbocycles. The van der Waals surface area contributed by atoms with Crippen LogP contribution in [0.1, 0.15) is 22.4 Å². The van der Waals surface area contributed by atoms with Crippen LogP contribution in [0.25, 0.3) is 0 Å². The summed E-state index contributed by atoms with van der Waals surface area (Å²) in [6.45, 7) is 3.18. The Morgan fingerprint density at radius 3 is 2.71 bits per heavy atom. The smallest absolute Gasteiger partial charge is 0.325 e. The maximum Gasteiger partial charge on any atom is 0.325 e. The molecule has 1 unspecified atom stereocenters. The Morgan fingerprint density at radius 1 is 1.64 bits per heavy atom. The van der Waals surface area contributed by atoms with Gasteiger partial charge in [0.25, 0.3) is 5.91 Å². The Balaban J connectivity index is 2.63. The fourth-order valence-electron chi connectivity index (χ4n) is 0.800. The Labute approximate surface area is 84.8 Å². The molecular weight excluding hydrogens is 204 g/mol. The van der Waals surface area contributed by atoms with Gasteiger partial charge in [-0.15, -0.1) is 11.3 Å². The van der Waals surface area contributed by atoms with E-state index in [-0.39, 0.29) is 5.69 Å². The van der Waals surface area contributed by atoms with Gasteiger partial charge in [-0.25, -0.2) is 4.98 Å². The summed E-state index contributed by atoms with van der Waals surface area (Å²) in [7, 11) is 0. The highest BCUT2D eigenvalue weighted by Gasteiger charge is 2.16. The van der Waals surface area contributed by atoms with Gasteiger partial charge in [-0.05, 0) is 13.8 Å². The zero-order chi connectivity index (χ0) is 10.7. The van der Waals surface area contributed by atoms with Gasteiger partial charge in [0.05, 0.1) is 5.01 Å². The number of hydrogen-bond acceptors (Lipinski definition) is 4. The molecule has 0 bridgehead atoms. The largest absolute Gasteiger partial charge is 0.480 e. The molecule has 0 aliphatic carbocycles. The fourth-order valence-corrected chi connectivity index (χ4v) is 1.39. The van der Waals surface area contributed by atoms with E-state index < -0.39 is 17.9 Å². The molecule has 5 nitrogen and oxygen atoms in total. The second-order valence-corrected chi connectivity index (χ2v) is 3.85. The van der Waals surface area contributed by atoms with Crippen LogP contribution in [0.4, 0.5) is 0 Å². The number of nitrogens with one attached hydrogen (secondary N) is 1. The molecule has 76 valence electrons. The lowest BCUT2D eigenvalue weighted by molar-refractivity contribution is -0.138. The van der Waals surface area contributed by atoms with Crippen molar-refractivity contribution in [3.63, 3.8) is 0 Å². The molecule has 0 aliphatic heterocycles. The van der Waals surface area contributed by atoms with E-state index in [0.29, 0.717) is 0 Å². The van der Waals surface area contributed by atoms with Crippen LogP contribution in [0.15, 0.2) is 5.38 Å². The Morgan fingerprint density at radius 2 is 2.29 bits per heavy atom. The van der Waals surface area contributed by atoms with Gasteiger partial charge >= 0.3 is 5.97 Å². The molecule has 14 heavy (non-hydrogen) atoms. The van der Waals surface area contributed by atoms with E-state index in [9.17, 15) is 9.59 Å². The Hall–Kier alpha value is -1.43. The second-order valence-electron chi connectivity index (χ2n) is 2.79.